The summed E-state index contributed by atoms with van der Waals surface area (Å²) in [6.07, 6.45) is 5.07. The van der Waals surface area contributed by atoms with Crippen LogP contribution in [-0.4, -0.2) is 64.8 Å². The fraction of sp³-hybridized carbons (Fsp3) is 0.867. The van der Waals surface area contributed by atoms with Crippen molar-refractivity contribution in [3.63, 3.8) is 0 Å². The highest BCUT2D eigenvalue weighted by atomic mass is 16.5. The summed E-state index contributed by atoms with van der Waals surface area (Å²) in [6, 6.07) is -0.0394. The Morgan fingerprint density at radius 1 is 1.10 bits per heavy atom. The van der Waals surface area contributed by atoms with E-state index >= 15 is 0 Å². The fourth-order valence-corrected chi connectivity index (χ4v) is 4.04. The minimum Gasteiger partial charge on any atom is -0.481 e. The molecule has 0 aromatic heterocycles. The van der Waals surface area contributed by atoms with Gasteiger partial charge in [-0.1, -0.05) is 12.8 Å². The van der Waals surface area contributed by atoms with Crippen molar-refractivity contribution in [2.24, 2.45) is 5.92 Å². The lowest BCUT2D eigenvalue weighted by atomic mass is 9.90. The molecule has 0 bridgehead atoms. The van der Waals surface area contributed by atoms with Crippen LogP contribution in [0.5, 0.6) is 0 Å². The first-order chi connectivity index (χ1) is 10.1. The van der Waals surface area contributed by atoms with E-state index in [-0.39, 0.29) is 24.2 Å². The van der Waals surface area contributed by atoms with Crippen LogP contribution in [-0.2, 0) is 9.53 Å². The van der Waals surface area contributed by atoms with E-state index in [9.17, 15) is 14.7 Å². The third-order valence-electron chi connectivity index (χ3n) is 5.30. The number of carboxylic acid groups (broad SMARTS) is 1. The number of hydrogen-bond donors (Lipinski definition) is 1. The molecule has 3 aliphatic rings. The Morgan fingerprint density at radius 3 is 2.57 bits per heavy atom. The van der Waals surface area contributed by atoms with Gasteiger partial charge in [0.25, 0.3) is 0 Å². The molecule has 0 aromatic rings. The van der Waals surface area contributed by atoms with Gasteiger partial charge in [-0.2, -0.15) is 0 Å². The second-order valence-corrected chi connectivity index (χ2v) is 6.40. The Balaban J connectivity index is 1.71. The molecular weight excluding hydrogens is 272 g/mol. The van der Waals surface area contributed by atoms with Gasteiger partial charge in [0.15, 0.2) is 0 Å². The average Bonchev–Trinajstić information content (AvgIpc) is 2.88. The zero-order chi connectivity index (χ0) is 15.0. The standard InChI is InChI=1S/C15H24N2O4/c1-10-11(14(18)19)6-7-16(10)15(20)17-8-9-21-13-5-3-2-4-12(13)17/h10-13H,2-9H2,1H3,(H,18,19). The zero-order valence-electron chi connectivity index (χ0n) is 12.5. The molecule has 4 atom stereocenters. The van der Waals surface area contributed by atoms with E-state index in [4.69, 9.17) is 4.74 Å². The van der Waals surface area contributed by atoms with Crippen LogP contribution in [0.4, 0.5) is 4.79 Å². The van der Waals surface area contributed by atoms with Gasteiger partial charge >= 0.3 is 12.0 Å². The van der Waals surface area contributed by atoms with Crippen molar-refractivity contribution in [3.05, 3.63) is 0 Å². The van der Waals surface area contributed by atoms with Crippen LogP contribution in [0.3, 0.4) is 0 Å². The number of carboxylic acids is 1. The molecule has 1 N–H and O–H groups in total. The van der Waals surface area contributed by atoms with Gasteiger partial charge in [-0.25, -0.2) is 4.79 Å². The number of hydrogen-bond acceptors (Lipinski definition) is 3. The fourth-order valence-electron chi connectivity index (χ4n) is 4.04. The number of rotatable bonds is 1. The van der Waals surface area contributed by atoms with E-state index in [2.05, 4.69) is 0 Å². The van der Waals surface area contributed by atoms with Crippen LogP contribution < -0.4 is 0 Å². The van der Waals surface area contributed by atoms with Crippen molar-refractivity contribution in [2.75, 3.05) is 19.7 Å². The largest absolute Gasteiger partial charge is 0.481 e. The van der Waals surface area contributed by atoms with Crippen molar-refractivity contribution in [1.29, 1.82) is 0 Å². The number of ether oxygens (including phenoxy) is 1. The number of urea groups is 1. The average molecular weight is 296 g/mol. The third-order valence-corrected chi connectivity index (χ3v) is 5.30. The van der Waals surface area contributed by atoms with E-state index in [1.54, 1.807) is 4.90 Å². The molecule has 21 heavy (non-hydrogen) atoms. The summed E-state index contributed by atoms with van der Waals surface area (Å²) < 4.78 is 5.80. The van der Waals surface area contributed by atoms with Gasteiger partial charge in [-0.05, 0) is 26.2 Å². The lowest BCUT2D eigenvalue weighted by Gasteiger charge is -2.45. The number of nitrogens with zero attached hydrogens (tertiary/aromatic N) is 2. The molecule has 0 aromatic carbocycles. The Kier molecular flexibility index (Phi) is 4.06. The van der Waals surface area contributed by atoms with Crippen LogP contribution in [0.2, 0.25) is 0 Å². The van der Waals surface area contributed by atoms with Crippen LogP contribution >= 0.6 is 0 Å². The van der Waals surface area contributed by atoms with E-state index in [0.717, 1.165) is 19.3 Å². The minimum atomic E-state index is -0.796. The summed E-state index contributed by atoms with van der Waals surface area (Å²) in [5, 5.41) is 9.21. The molecule has 0 spiro atoms. The quantitative estimate of drug-likeness (QED) is 0.797. The second-order valence-electron chi connectivity index (χ2n) is 6.40. The van der Waals surface area contributed by atoms with E-state index < -0.39 is 11.9 Å². The van der Waals surface area contributed by atoms with Gasteiger partial charge in [0, 0.05) is 19.1 Å². The topological polar surface area (TPSA) is 70.1 Å². The van der Waals surface area contributed by atoms with Crippen molar-refractivity contribution in [1.82, 2.24) is 9.80 Å². The molecule has 6 heteroatoms. The Hall–Kier alpha value is -1.30. The van der Waals surface area contributed by atoms with Crippen LogP contribution in [0.25, 0.3) is 0 Å². The van der Waals surface area contributed by atoms with Gasteiger partial charge in [-0.15, -0.1) is 0 Å². The first-order valence-electron chi connectivity index (χ1n) is 8.01. The molecule has 3 rings (SSSR count). The number of aliphatic carboxylic acids is 1. The second kappa shape index (κ2) is 5.83. The molecule has 1 aliphatic carbocycles. The molecule has 1 saturated carbocycles. The van der Waals surface area contributed by atoms with Crippen LogP contribution in [0.15, 0.2) is 0 Å². The van der Waals surface area contributed by atoms with E-state index in [1.165, 1.54) is 6.42 Å². The maximum Gasteiger partial charge on any atom is 0.320 e. The van der Waals surface area contributed by atoms with Crippen LogP contribution in [0, 0.1) is 5.92 Å². The molecule has 3 fully saturated rings. The van der Waals surface area contributed by atoms with Gasteiger partial charge in [0.1, 0.15) is 0 Å². The summed E-state index contributed by atoms with van der Waals surface area (Å²) in [5.41, 5.74) is 0. The minimum absolute atomic E-state index is 0.00597. The maximum atomic E-state index is 12.8. The first kappa shape index (κ1) is 14.6. The molecular formula is C15H24N2O4. The number of carbonyl (C=O) groups excluding carboxylic acids is 1. The molecule has 2 aliphatic heterocycles. The molecule has 2 amide bonds. The molecule has 2 saturated heterocycles. The highest BCUT2D eigenvalue weighted by Crippen LogP contribution is 2.31. The van der Waals surface area contributed by atoms with Crippen molar-refractivity contribution >= 4 is 12.0 Å². The van der Waals surface area contributed by atoms with Gasteiger partial charge < -0.3 is 19.6 Å². The van der Waals surface area contributed by atoms with Crippen LogP contribution in [0.1, 0.15) is 39.0 Å². The molecule has 118 valence electrons. The Labute approximate surface area is 125 Å². The first-order valence-corrected chi connectivity index (χ1v) is 8.01. The maximum absolute atomic E-state index is 12.8. The summed E-state index contributed by atoms with van der Waals surface area (Å²) in [6.45, 7) is 3.62. The number of morpholine rings is 1. The SMILES string of the molecule is CC1C(C(=O)O)CCN1C(=O)N1CCOC2CCCCC21. The van der Waals surface area contributed by atoms with Gasteiger partial charge in [0.05, 0.1) is 24.7 Å². The third kappa shape index (κ3) is 2.61. The summed E-state index contributed by atoms with van der Waals surface area (Å²) in [4.78, 5) is 27.7. The summed E-state index contributed by atoms with van der Waals surface area (Å²) >= 11 is 0. The Bertz CT molecular complexity index is 426. The highest BCUT2D eigenvalue weighted by Gasteiger charge is 2.43. The molecule has 2 heterocycles. The van der Waals surface area contributed by atoms with E-state index in [0.29, 0.717) is 26.1 Å². The summed E-state index contributed by atoms with van der Waals surface area (Å²) in [5.74, 6) is -1.23. The molecule has 0 radical (unpaired) electrons. The highest BCUT2D eigenvalue weighted by molar-refractivity contribution is 5.78. The van der Waals surface area contributed by atoms with Gasteiger partial charge in [-0.3, -0.25) is 4.79 Å². The van der Waals surface area contributed by atoms with Crippen molar-refractivity contribution in [2.45, 2.75) is 57.2 Å². The lowest BCUT2D eigenvalue weighted by molar-refractivity contribution is -0.142. The van der Waals surface area contributed by atoms with Crippen molar-refractivity contribution < 1.29 is 19.4 Å². The summed E-state index contributed by atoms with van der Waals surface area (Å²) in [7, 11) is 0. The number of amides is 2. The van der Waals surface area contributed by atoms with Crippen molar-refractivity contribution in [3.8, 4) is 0 Å². The smallest absolute Gasteiger partial charge is 0.320 e. The van der Waals surface area contributed by atoms with E-state index in [1.807, 2.05) is 11.8 Å². The molecule has 4 unspecified atom stereocenters. The molecule has 6 nitrogen and oxygen atoms in total. The van der Waals surface area contributed by atoms with Gasteiger partial charge in [0.2, 0.25) is 0 Å². The Morgan fingerprint density at radius 2 is 1.86 bits per heavy atom. The predicted octanol–water partition coefficient (Wildman–Crippen LogP) is 1.54. The zero-order valence-corrected chi connectivity index (χ0v) is 12.5. The number of likely N-dealkylation sites (tertiary alicyclic amines) is 1. The normalized spacial score (nSPS) is 36.4. The monoisotopic (exact) mass is 296 g/mol. The number of carbonyl (C=O) groups is 2. The predicted molar refractivity (Wildman–Crippen MR) is 76.0 cm³/mol. The number of fused-ring (bicyclic) bond motifs is 1. The lowest BCUT2D eigenvalue weighted by Crippen LogP contribution is -2.58.